The number of nitrogens with zero attached hydrogens (tertiary/aromatic N) is 1. The number of carbonyl (C=O) groups is 3. The van der Waals surface area contributed by atoms with Crippen LogP contribution in [0.5, 0.6) is 5.75 Å². The van der Waals surface area contributed by atoms with E-state index in [1.54, 1.807) is 38.8 Å². The van der Waals surface area contributed by atoms with E-state index in [0.29, 0.717) is 31.6 Å². The summed E-state index contributed by atoms with van der Waals surface area (Å²) in [7, 11) is 1.72. The van der Waals surface area contributed by atoms with Crippen molar-refractivity contribution in [1.29, 1.82) is 0 Å². The third-order valence-corrected chi connectivity index (χ3v) is 7.02. The van der Waals surface area contributed by atoms with Crippen LogP contribution in [-0.2, 0) is 27.2 Å². The lowest BCUT2D eigenvalue weighted by atomic mass is 10.00. The van der Waals surface area contributed by atoms with Crippen molar-refractivity contribution < 1.29 is 29.0 Å². The van der Waals surface area contributed by atoms with Crippen LogP contribution in [-0.4, -0.2) is 71.9 Å². The van der Waals surface area contributed by atoms with E-state index >= 15 is 0 Å². The molecule has 0 saturated heterocycles. The van der Waals surface area contributed by atoms with E-state index in [1.165, 1.54) is 6.08 Å². The average Bonchev–Trinajstić information content (AvgIpc) is 2.97. The molecule has 3 amide bonds. The lowest BCUT2D eigenvalue weighted by Gasteiger charge is -2.27. The van der Waals surface area contributed by atoms with Gasteiger partial charge in [0.05, 0.1) is 6.61 Å². The Balaban J connectivity index is 1.71. The molecule has 9 nitrogen and oxygen atoms in total. The van der Waals surface area contributed by atoms with Crippen molar-refractivity contribution in [3.05, 3.63) is 90.0 Å². The number of likely N-dealkylation sites (N-methyl/N-ethyl adjacent to an activating group) is 1. The molecule has 0 spiro atoms. The Morgan fingerprint density at radius 3 is 2.36 bits per heavy atom. The number of aliphatic hydroxyl groups is 1. The summed E-state index contributed by atoms with van der Waals surface area (Å²) in [6.07, 6.45) is 3.78. The second-order valence-electron chi connectivity index (χ2n) is 12.8. The molecule has 0 bridgehead atoms. The highest BCUT2D eigenvalue weighted by Crippen LogP contribution is 2.20. The first-order valence-electron chi connectivity index (χ1n) is 15.3. The maximum atomic E-state index is 13.8. The highest BCUT2D eigenvalue weighted by molar-refractivity contribution is 5.93. The Hall–Kier alpha value is -4.37. The van der Waals surface area contributed by atoms with Gasteiger partial charge in [-0.15, -0.1) is 0 Å². The third-order valence-electron chi connectivity index (χ3n) is 7.02. The number of hydrogen-bond acceptors (Lipinski definition) is 6. The van der Waals surface area contributed by atoms with E-state index in [2.05, 4.69) is 10.6 Å². The van der Waals surface area contributed by atoms with Crippen LogP contribution in [0.3, 0.4) is 0 Å². The van der Waals surface area contributed by atoms with Gasteiger partial charge in [-0.3, -0.25) is 9.59 Å². The first-order chi connectivity index (χ1) is 21.3. The number of nitrogens with one attached hydrogen (secondary N) is 2. The molecule has 1 atom stereocenters. The van der Waals surface area contributed by atoms with Crippen LogP contribution in [0, 0.1) is 0 Å². The minimum atomic E-state index is -0.804. The molecule has 0 aromatic heterocycles. The monoisotopic (exact) mass is 617 g/mol. The normalized spacial score (nSPS) is 12.5. The topological polar surface area (TPSA) is 117 Å². The maximum Gasteiger partial charge on any atom is 0.408 e. The fourth-order valence-electron chi connectivity index (χ4n) is 4.78. The van der Waals surface area contributed by atoms with E-state index < -0.39 is 29.2 Å². The number of ether oxygens (including phenoxy) is 2. The second kappa shape index (κ2) is 16.1. The molecule has 0 aliphatic carbocycles. The van der Waals surface area contributed by atoms with Gasteiger partial charge in [0.2, 0.25) is 11.8 Å². The first kappa shape index (κ1) is 35.1. The molecule has 3 aromatic rings. The Morgan fingerprint density at radius 2 is 1.64 bits per heavy atom. The van der Waals surface area contributed by atoms with Gasteiger partial charge in [0.15, 0.2) is 0 Å². The third kappa shape index (κ3) is 11.9. The molecular formula is C36H47N3O6. The molecule has 0 heterocycles. The van der Waals surface area contributed by atoms with Crippen molar-refractivity contribution in [1.82, 2.24) is 15.5 Å². The van der Waals surface area contributed by atoms with Gasteiger partial charge in [-0.25, -0.2) is 4.79 Å². The molecule has 3 aromatic carbocycles. The smallest absolute Gasteiger partial charge is 0.408 e. The number of amides is 3. The van der Waals surface area contributed by atoms with Gasteiger partial charge in [0.25, 0.3) is 0 Å². The van der Waals surface area contributed by atoms with Gasteiger partial charge in [0.1, 0.15) is 24.0 Å². The summed E-state index contributed by atoms with van der Waals surface area (Å²) in [6.45, 7) is 9.57. The molecule has 3 N–H and O–H groups in total. The van der Waals surface area contributed by atoms with Gasteiger partial charge >= 0.3 is 6.09 Å². The number of carbonyl (C=O) groups excluding carboxylic acids is 3. The highest BCUT2D eigenvalue weighted by Gasteiger charge is 2.26. The van der Waals surface area contributed by atoms with Gasteiger partial charge in [-0.05, 0) is 81.5 Å². The molecule has 9 heteroatoms. The predicted molar refractivity (Wildman–Crippen MR) is 177 cm³/mol. The predicted octanol–water partition coefficient (Wildman–Crippen LogP) is 5.19. The first-order valence-corrected chi connectivity index (χ1v) is 15.3. The number of rotatable bonds is 14. The molecule has 1 unspecified atom stereocenters. The van der Waals surface area contributed by atoms with Gasteiger partial charge in [-0.1, -0.05) is 66.7 Å². The van der Waals surface area contributed by atoms with Gasteiger partial charge in [0, 0.05) is 25.6 Å². The Kier molecular flexibility index (Phi) is 12.6. The minimum absolute atomic E-state index is 0.0882. The Morgan fingerprint density at radius 1 is 0.956 bits per heavy atom. The van der Waals surface area contributed by atoms with Crippen molar-refractivity contribution in [2.75, 3.05) is 26.8 Å². The zero-order chi connectivity index (χ0) is 33.0. The molecule has 3 rings (SSSR count). The summed E-state index contributed by atoms with van der Waals surface area (Å²) in [4.78, 5) is 40.7. The summed E-state index contributed by atoms with van der Waals surface area (Å²) >= 11 is 0. The molecule has 0 aliphatic rings. The largest absolute Gasteiger partial charge is 0.491 e. The summed E-state index contributed by atoms with van der Waals surface area (Å²) in [5, 5.41) is 17.0. The zero-order valence-corrected chi connectivity index (χ0v) is 27.3. The lowest BCUT2D eigenvalue weighted by molar-refractivity contribution is -0.134. The van der Waals surface area contributed by atoms with E-state index in [4.69, 9.17) is 14.6 Å². The van der Waals surface area contributed by atoms with Gasteiger partial charge < -0.3 is 30.1 Å². The fraction of sp³-hybridized carbons (Fsp3) is 0.417. The summed E-state index contributed by atoms with van der Waals surface area (Å²) in [5.74, 6) is 0.0478. The SMILES string of the molecule is CN(CCc1ccccc1OCCO)C(=O)C(Cc1ccc2ccccc2c1)NC(=O)/C=C/CC(C)(C)NC(=O)OC(C)(C)C. The quantitative estimate of drug-likeness (QED) is 0.215. The number of hydrogen-bond donors (Lipinski definition) is 3. The van der Waals surface area contributed by atoms with Crippen LogP contribution < -0.4 is 15.4 Å². The molecule has 0 saturated carbocycles. The van der Waals surface area contributed by atoms with E-state index in [9.17, 15) is 14.4 Å². The number of aliphatic hydroxyl groups excluding tert-OH is 1. The maximum absolute atomic E-state index is 13.8. The molecule has 0 radical (unpaired) electrons. The number of para-hydroxylation sites is 1. The van der Waals surface area contributed by atoms with Crippen molar-refractivity contribution in [3.8, 4) is 5.75 Å². The number of alkyl carbamates (subject to hydrolysis) is 1. The van der Waals surface area contributed by atoms with E-state index in [1.807, 2.05) is 80.6 Å². The molecule has 0 aliphatic heterocycles. The number of benzene rings is 3. The molecule has 45 heavy (non-hydrogen) atoms. The minimum Gasteiger partial charge on any atom is -0.491 e. The van der Waals surface area contributed by atoms with Crippen LogP contribution in [0.25, 0.3) is 10.8 Å². The van der Waals surface area contributed by atoms with Crippen molar-refractivity contribution in [2.45, 2.75) is 71.1 Å². The van der Waals surface area contributed by atoms with Crippen molar-refractivity contribution >= 4 is 28.7 Å². The molecule has 0 fully saturated rings. The van der Waals surface area contributed by atoms with Crippen LogP contribution in [0.4, 0.5) is 4.79 Å². The summed E-state index contributed by atoms with van der Waals surface area (Å²) in [6, 6.07) is 20.8. The number of fused-ring (bicyclic) bond motifs is 1. The van der Waals surface area contributed by atoms with E-state index in [-0.39, 0.29) is 19.1 Å². The van der Waals surface area contributed by atoms with Crippen LogP contribution in [0.2, 0.25) is 0 Å². The fourth-order valence-corrected chi connectivity index (χ4v) is 4.78. The molecule has 242 valence electrons. The Labute approximate surface area is 266 Å². The average molecular weight is 618 g/mol. The highest BCUT2D eigenvalue weighted by atomic mass is 16.6. The van der Waals surface area contributed by atoms with Crippen molar-refractivity contribution in [3.63, 3.8) is 0 Å². The van der Waals surface area contributed by atoms with Crippen LogP contribution >= 0.6 is 0 Å². The summed E-state index contributed by atoms with van der Waals surface area (Å²) < 4.78 is 11.0. The second-order valence-corrected chi connectivity index (χ2v) is 12.8. The Bertz CT molecular complexity index is 1480. The van der Waals surface area contributed by atoms with Crippen LogP contribution in [0.1, 0.15) is 52.2 Å². The summed E-state index contributed by atoms with van der Waals surface area (Å²) in [5.41, 5.74) is 0.574. The van der Waals surface area contributed by atoms with Crippen LogP contribution in [0.15, 0.2) is 78.9 Å². The lowest BCUT2D eigenvalue weighted by Crippen LogP contribution is -2.48. The van der Waals surface area contributed by atoms with Crippen molar-refractivity contribution in [2.24, 2.45) is 0 Å². The van der Waals surface area contributed by atoms with Gasteiger partial charge in [-0.2, -0.15) is 0 Å². The van der Waals surface area contributed by atoms with E-state index in [0.717, 1.165) is 21.9 Å². The zero-order valence-electron chi connectivity index (χ0n) is 27.3. The standard InChI is InChI=1S/C36H47N3O6/c1-35(2,3)45-34(43)38-36(4,5)20-11-16-32(41)37-30(25-26-17-18-27-12-7-8-14-29(27)24-26)33(42)39(6)21-19-28-13-9-10-15-31(28)44-23-22-40/h7-18,24,30,40H,19-23,25H2,1-6H3,(H,37,41)(H,38,43)/b16-11+. The molecular weight excluding hydrogens is 570 g/mol.